The van der Waals surface area contributed by atoms with Crippen LogP contribution in [0.3, 0.4) is 0 Å². The van der Waals surface area contributed by atoms with Gasteiger partial charge in [-0.25, -0.2) is 0 Å². The van der Waals surface area contributed by atoms with Crippen molar-refractivity contribution in [1.82, 2.24) is 0 Å². The Morgan fingerprint density at radius 2 is 1.69 bits per heavy atom. The number of carbonyl (C=O) groups is 1. The number of hydrogen-bond donors (Lipinski definition) is 0. The van der Waals surface area contributed by atoms with Crippen molar-refractivity contribution in [3.8, 4) is 5.75 Å². The molecule has 1 aromatic rings. The molecule has 1 aliphatic heterocycles. The van der Waals surface area contributed by atoms with Crippen LogP contribution in [0.1, 0.15) is 80.7 Å². The summed E-state index contributed by atoms with van der Waals surface area (Å²) in [6.45, 7) is 18.1. The largest absolute Gasteiger partial charge is 0.573 e. The maximum Gasteiger partial charge on any atom is 0.573 e. The normalized spacial score (nSPS) is 16.6. The number of nitrogens with zero attached hydrogens (tertiary/aromatic N) is 1. The third-order valence-electron chi connectivity index (χ3n) is 5.25. The summed E-state index contributed by atoms with van der Waals surface area (Å²) in [5.74, 6) is -0.738. The summed E-state index contributed by atoms with van der Waals surface area (Å²) in [4.78, 5) is 14.7. The number of alkyl halides is 3. The standard InChI is InChI=1S/C20H22F3NO2.3C2H6/c1-4-5-6-13(2)14(3)18(25)24-12-19(9-10-19)16-8-7-15(11-17(16)24)26-20(21,22)23;3*1-2/h4-8,11,14H,9-10,12H2,1-3H3;3*1-2H3/b5-4-,13-6+;;;. The van der Waals surface area contributed by atoms with Gasteiger partial charge < -0.3 is 9.64 Å². The SMILES string of the molecule is C/C=C\C=C(/C)C(C)C(=O)N1CC2(CC2)c2ccc(OC(F)(F)F)cc21.CC.CC.CC. The van der Waals surface area contributed by atoms with E-state index in [1.165, 1.54) is 12.1 Å². The van der Waals surface area contributed by atoms with Gasteiger partial charge in [0.2, 0.25) is 5.91 Å². The third-order valence-corrected chi connectivity index (χ3v) is 5.25. The monoisotopic (exact) mass is 455 g/mol. The number of anilines is 1. The minimum Gasteiger partial charge on any atom is -0.406 e. The lowest BCUT2D eigenvalue weighted by atomic mass is 9.99. The minimum absolute atomic E-state index is 0.0948. The molecule has 0 N–H and O–H groups in total. The molecule has 182 valence electrons. The fourth-order valence-corrected chi connectivity index (χ4v) is 3.45. The molecule has 3 nitrogen and oxygen atoms in total. The van der Waals surface area contributed by atoms with Crippen LogP contribution >= 0.6 is 0 Å². The van der Waals surface area contributed by atoms with Crippen LogP contribution in [0.4, 0.5) is 18.9 Å². The average Bonchev–Trinajstić information content (AvgIpc) is 3.51. The fourth-order valence-electron chi connectivity index (χ4n) is 3.45. The molecule has 1 atom stereocenters. The lowest BCUT2D eigenvalue weighted by Gasteiger charge is -2.23. The molecule has 1 amide bonds. The van der Waals surface area contributed by atoms with Gasteiger partial charge in [0.15, 0.2) is 0 Å². The lowest BCUT2D eigenvalue weighted by Crippen LogP contribution is -2.36. The molecule has 6 heteroatoms. The smallest absolute Gasteiger partial charge is 0.406 e. The number of amides is 1. The van der Waals surface area contributed by atoms with E-state index in [4.69, 9.17) is 0 Å². The van der Waals surface area contributed by atoms with Crippen molar-refractivity contribution < 1.29 is 22.7 Å². The molecule has 32 heavy (non-hydrogen) atoms. The highest BCUT2D eigenvalue weighted by Crippen LogP contribution is 2.57. The molecule has 0 aromatic heterocycles. The first kappa shape index (κ1) is 29.8. The van der Waals surface area contributed by atoms with Crippen molar-refractivity contribution in [2.75, 3.05) is 11.4 Å². The lowest BCUT2D eigenvalue weighted by molar-refractivity contribution is -0.274. The van der Waals surface area contributed by atoms with E-state index in [0.717, 1.165) is 24.0 Å². The summed E-state index contributed by atoms with van der Waals surface area (Å²) in [6, 6.07) is 4.34. The first-order valence-electron chi connectivity index (χ1n) is 11.7. The minimum atomic E-state index is -4.75. The number of hydrogen-bond acceptors (Lipinski definition) is 2. The summed E-state index contributed by atoms with van der Waals surface area (Å²) >= 11 is 0. The van der Waals surface area contributed by atoms with Gasteiger partial charge in [-0.05, 0) is 45.2 Å². The van der Waals surface area contributed by atoms with Crippen LogP contribution < -0.4 is 9.64 Å². The zero-order chi connectivity index (χ0) is 25.1. The van der Waals surface area contributed by atoms with E-state index >= 15 is 0 Å². The molecule has 1 saturated carbocycles. The van der Waals surface area contributed by atoms with Crippen molar-refractivity contribution in [3.05, 3.63) is 47.6 Å². The van der Waals surface area contributed by atoms with Crippen LogP contribution in [-0.4, -0.2) is 18.8 Å². The highest BCUT2D eigenvalue weighted by atomic mass is 19.4. The maximum absolute atomic E-state index is 13.0. The second-order valence-corrected chi connectivity index (χ2v) is 7.09. The Hall–Kier alpha value is -2.24. The van der Waals surface area contributed by atoms with E-state index in [2.05, 4.69) is 4.74 Å². The second kappa shape index (κ2) is 13.3. The molecule has 1 heterocycles. The summed E-state index contributed by atoms with van der Waals surface area (Å²) in [5.41, 5.74) is 2.30. The van der Waals surface area contributed by atoms with Gasteiger partial charge in [-0.1, -0.05) is 71.4 Å². The summed E-state index contributed by atoms with van der Waals surface area (Å²) in [6.07, 6.45) is 2.78. The number of rotatable bonds is 4. The van der Waals surface area contributed by atoms with Crippen LogP contribution in [0.25, 0.3) is 0 Å². The average molecular weight is 456 g/mol. The Balaban J connectivity index is 0.00000148. The van der Waals surface area contributed by atoms with Crippen molar-refractivity contribution in [2.45, 2.75) is 86.9 Å². The van der Waals surface area contributed by atoms with E-state index < -0.39 is 6.36 Å². The predicted octanol–water partition coefficient (Wildman–Crippen LogP) is 8.20. The Bertz CT molecular complexity index is 778. The number of allylic oxidation sites excluding steroid dienone is 3. The van der Waals surface area contributed by atoms with Crippen molar-refractivity contribution >= 4 is 11.6 Å². The highest BCUT2D eigenvalue weighted by Gasteiger charge is 2.53. The van der Waals surface area contributed by atoms with E-state index in [1.54, 1.807) is 11.0 Å². The highest BCUT2D eigenvalue weighted by molar-refractivity contribution is 5.99. The van der Waals surface area contributed by atoms with Gasteiger partial charge in [0.05, 0.1) is 11.6 Å². The van der Waals surface area contributed by atoms with Gasteiger partial charge in [0.1, 0.15) is 5.75 Å². The molecular formula is C26H40F3NO2. The molecule has 2 aliphatic rings. The third kappa shape index (κ3) is 7.42. The molecular weight excluding hydrogens is 415 g/mol. The predicted molar refractivity (Wildman–Crippen MR) is 128 cm³/mol. The van der Waals surface area contributed by atoms with E-state index in [1.807, 2.05) is 80.5 Å². The Labute approximate surface area is 192 Å². The first-order valence-corrected chi connectivity index (χ1v) is 11.7. The Kier molecular flexibility index (Phi) is 12.4. The summed E-state index contributed by atoms with van der Waals surface area (Å²) in [7, 11) is 0. The van der Waals surface area contributed by atoms with Crippen LogP contribution in [-0.2, 0) is 10.2 Å². The van der Waals surface area contributed by atoms with Crippen LogP contribution in [0.2, 0.25) is 0 Å². The zero-order valence-electron chi connectivity index (χ0n) is 21.1. The van der Waals surface area contributed by atoms with Gasteiger partial charge in [0.25, 0.3) is 0 Å². The molecule has 1 aromatic carbocycles. The molecule has 1 fully saturated rings. The quantitative estimate of drug-likeness (QED) is 0.428. The number of fused-ring (bicyclic) bond motifs is 2. The van der Waals surface area contributed by atoms with Crippen molar-refractivity contribution in [2.24, 2.45) is 5.92 Å². The molecule has 1 aliphatic carbocycles. The molecule has 3 rings (SSSR count). The Morgan fingerprint density at radius 1 is 1.12 bits per heavy atom. The molecule has 0 bridgehead atoms. The molecule has 0 saturated heterocycles. The topological polar surface area (TPSA) is 29.5 Å². The first-order chi connectivity index (χ1) is 15.2. The van der Waals surface area contributed by atoms with Gasteiger partial charge in [-0.2, -0.15) is 0 Å². The van der Waals surface area contributed by atoms with Gasteiger partial charge >= 0.3 is 6.36 Å². The Morgan fingerprint density at radius 3 is 2.16 bits per heavy atom. The van der Waals surface area contributed by atoms with Crippen LogP contribution in [0, 0.1) is 5.92 Å². The number of halogens is 3. The number of ether oxygens (including phenoxy) is 1. The molecule has 0 radical (unpaired) electrons. The molecule has 1 spiro atoms. The van der Waals surface area contributed by atoms with Crippen LogP contribution in [0.15, 0.2) is 42.0 Å². The number of benzene rings is 1. The van der Waals surface area contributed by atoms with Gasteiger partial charge in [0, 0.05) is 18.0 Å². The van der Waals surface area contributed by atoms with E-state index in [-0.39, 0.29) is 23.0 Å². The maximum atomic E-state index is 13.0. The van der Waals surface area contributed by atoms with Gasteiger partial charge in [-0.3, -0.25) is 4.79 Å². The van der Waals surface area contributed by atoms with Crippen molar-refractivity contribution in [1.29, 1.82) is 0 Å². The van der Waals surface area contributed by atoms with Crippen molar-refractivity contribution in [3.63, 3.8) is 0 Å². The second-order valence-electron chi connectivity index (χ2n) is 7.09. The van der Waals surface area contributed by atoms with E-state index in [0.29, 0.717) is 12.2 Å². The van der Waals surface area contributed by atoms with Gasteiger partial charge in [-0.15, -0.1) is 13.2 Å². The number of carbonyl (C=O) groups excluding carboxylic acids is 1. The molecule has 1 unspecified atom stereocenters. The summed E-state index contributed by atoms with van der Waals surface area (Å²) < 4.78 is 41.7. The zero-order valence-corrected chi connectivity index (χ0v) is 21.1. The van der Waals surface area contributed by atoms with Crippen LogP contribution in [0.5, 0.6) is 5.75 Å². The fraction of sp³-hybridized carbons (Fsp3) is 0.577. The summed E-state index contributed by atoms with van der Waals surface area (Å²) in [5, 5.41) is 0. The van der Waals surface area contributed by atoms with E-state index in [9.17, 15) is 18.0 Å².